The molecule has 1 aliphatic rings. The molecule has 0 bridgehead atoms. The predicted molar refractivity (Wildman–Crippen MR) is 71.4 cm³/mol. The second kappa shape index (κ2) is 5.23. The Balaban J connectivity index is 1.99. The average molecular weight is 304 g/mol. The fourth-order valence-corrected chi connectivity index (χ4v) is 2.44. The van der Waals surface area contributed by atoms with Gasteiger partial charge in [0.2, 0.25) is 5.91 Å². The smallest absolute Gasteiger partial charge is 0.394 e. The van der Waals surface area contributed by atoms with Crippen LogP contribution >= 0.6 is 0 Å². The first kappa shape index (κ1) is 15.7. The molecule has 1 aromatic heterocycles. The maximum absolute atomic E-state index is 12.8. The molecule has 1 atom stereocenters. The topological polar surface area (TPSA) is 75.0 Å². The molecule has 1 aliphatic heterocycles. The van der Waals surface area contributed by atoms with Gasteiger partial charge >= 0.3 is 6.18 Å². The van der Waals surface area contributed by atoms with E-state index >= 15 is 0 Å². The zero-order chi connectivity index (χ0) is 15.8. The fourth-order valence-electron chi connectivity index (χ4n) is 2.44. The van der Waals surface area contributed by atoms with E-state index in [0.29, 0.717) is 25.2 Å². The van der Waals surface area contributed by atoms with Crippen LogP contribution in [0, 0.1) is 5.41 Å². The summed E-state index contributed by atoms with van der Waals surface area (Å²) in [5, 5.41) is 6.61. The van der Waals surface area contributed by atoms with Crippen LogP contribution in [-0.2, 0) is 4.79 Å². The summed E-state index contributed by atoms with van der Waals surface area (Å²) >= 11 is 0. The molecule has 21 heavy (non-hydrogen) atoms. The Morgan fingerprint density at radius 1 is 1.52 bits per heavy atom. The highest BCUT2D eigenvalue weighted by molar-refractivity contribution is 5.77. The van der Waals surface area contributed by atoms with E-state index in [-0.39, 0.29) is 5.92 Å². The minimum atomic E-state index is -4.39. The summed E-state index contributed by atoms with van der Waals surface area (Å²) in [6, 6.07) is 0. The third-order valence-electron chi connectivity index (χ3n) is 4.01. The number of anilines is 1. The highest BCUT2D eigenvalue weighted by atomic mass is 19.4. The van der Waals surface area contributed by atoms with Gasteiger partial charge in [0, 0.05) is 25.4 Å². The molecule has 0 radical (unpaired) electrons. The van der Waals surface area contributed by atoms with Gasteiger partial charge in [0.25, 0.3) is 0 Å². The number of aromatic amines is 1. The molecule has 0 spiro atoms. The molecule has 1 unspecified atom stereocenters. The molecule has 5 nitrogen and oxygen atoms in total. The molecule has 1 saturated heterocycles. The third-order valence-corrected chi connectivity index (χ3v) is 4.01. The minimum Gasteiger partial charge on any atom is -0.396 e. The number of carbonyl (C=O) groups is 1. The van der Waals surface area contributed by atoms with Gasteiger partial charge in [-0.15, -0.1) is 0 Å². The lowest BCUT2D eigenvalue weighted by Crippen LogP contribution is -2.39. The number of nitrogens with two attached hydrogens (primary N) is 1. The molecule has 8 heteroatoms. The number of nitrogens with one attached hydrogen (secondary N) is 1. The molecule has 2 heterocycles. The number of alkyl halides is 3. The maximum Gasteiger partial charge on any atom is 0.394 e. The zero-order valence-electron chi connectivity index (χ0n) is 12.0. The standard InChI is InChI=1S/C13H19F3N4O/c1-12(2,13(14,15)16)5-10(21)20-4-3-8(7-20)11-9(17)6-18-19-11/h6,8H,3-5,7,17H2,1-2H3,(H,18,19). The molecule has 1 aromatic rings. The van der Waals surface area contributed by atoms with Crippen molar-refractivity contribution in [2.24, 2.45) is 5.41 Å². The quantitative estimate of drug-likeness (QED) is 0.899. The van der Waals surface area contributed by atoms with E-state index in [0.717, 1.165) is 19.5 Å². The van der Waals surface area contributed by atoms with Gasteiger partial charge < -0.3 is 10.6 Å². The first-order valence-electron chi connectivity index (χ1n) is 6.75. The largest absolute Gasteiger partial charge is 0.396 e. The number of halogens is 3. The van der Waals surface area contributed by atoms with Gasteiger partial charge in [-0.2, -0.15) is 18.3 Å². The van der Waals surface area contributed by atoms with Crippen LogP contribution in [0.15, 0.2) is 6.20 Å². The maximum atomic E-state index is 12.8. The van der Waals surface area contributed by atoms with E-state index in [1.165, 1.54) is 11.1 Å². The van der Waals surface area contributed by atoms with Gasteiger partial charge in [0.1, 0.15) is 0 Å². The Bertz CT molecular complexity index is 524. The molecule has 2 rings (SSSR count). The second-order valence-corrected chi connectivity index (χ2v) is 6.12. The van der Waals surface area contributed by atoms with Gasteiger partial charge in [-0.05, 0) is 6.42 Å². The van der Waals surface area contributed by atoms with Crippen LogP contribution in [0.5, 0.6) is 0 Å². The molecule has 1 amide bonds. The van der Waals surface area contributed by atoms with Crippen molar-refractivity contribution in [3.8, 4) is 0 Å². The number of hydrogen-bond acceptors (Lipinski definition) is 3. The lowest BCUT2D eigenvalue weighted by atomic mass is 9.88. The SMILES string of the molecule is CC(C)(CC(=O)N1CCC(c2[nH]ncc2N)C1)C(F)(F)F. The first-order valence-corrected chi connectivity index (χ1v) is 6.75. The molecule has 0 aromatic carbocycles. The number of nitrogens with zero attached hydrogens (tertiary/aromatic N) is 2. The Morgan fingerprint density at radius 3 is 2.71 bits per heavy atom. The first-order chi connectivity index (χ1) is 9.62. The molecule has 3 N–H and O–H groups in total. The van der Waals surface area contributed by atoms with Gasteiger partial charge in [-0.3, -0.25) is 9.89 Å². The summed E-state index contributed by atoms with van der Waals surface area (Å²) in [7, 11) is 0. The Labute approximate surface area is 120 Å². The van der Waals surface area contributed by atoms with Crippen LogP contribution < -0.4 is 5.73 Å². The normalized spacial score (nSPS) is 20.0. The lowest BCUT2D eigenvalue weighted by Gasteiger charge is -2.29. The van der Waals surface area contributed by atoms with Crippen molar-refractivity contribution >= 4 is 11.6 Å². The van der Waals surface area contributed by atoms with Crippen LogP contribution in [0.1, 0.15) is 38.3 Å². The summed E-state index contributed by atoms with van der Waals surface area (Å²) in [6.07, 6.45) is -2.77. The zero-order valence-corrected chi connectivity index (χ0v) is 12.0. The minimum absolute atomic E-state index is 0.00505. The number of nitrogen functional groups attached to an aromatic ring is 1. The van der Waals surface area contributed by atoms with Crippen LogP contribution in [0.25, 0.3) is 0 Å². The Hall–Kier alpha value is -1.73. The summed E-state index contributed by atoms with van der Waals surface area (Å²) in [5.74, 6) is -0.469. The highest BCUT2D eigenvalue weighted by Gasteiger charge is 2.49. The molecule has 0 saturated carbocycles. The number of rotatable bonds is 3. The third kappa shape index (κ3) is 3.14. The Morgan fingerprint density at radius 2 is 2.19 bits per heavy atom. The molecular weight excluding hydrogens is 285 g/mol. The highest BCUT2D eigenvalue weighted by Crippen LogP contribution is 2.41. The monoisotopic (exact) mass is 304 g/mol. The van der Waals surface area contributed by atoms with E-state index in [9.17, 15) is 18.0 Å². The van der Waals surface area contributed by atoms with Crippen LogP contribution in [-0.4, -0.2) is 40.3 Å². The number of aromatic nitrogens is 2. The number of likely N-dealkylation sites (tertiary alicyclic amines) is 1. The van der Waals surface area contributed by atoms with Crippen LogP contribution in [0.3, 0.4) is 0 Å². The van der Waals surface area contributed by atoms with Gasteiger partial charge in [-0.25, -0.2) is 0 Å². The van der Waals surface area contributed by atoms with Crippen molar-refractivity contribution in [1.82, 2.24) is 15.1 Å². The van der Waals surface area contributed by atoms with E-state index < -0.39 is 23.9 Å². The van der Waals surface area contributed by atoms with Crippen molar-refractivity contribution in [3.05, 3.63) is 11.9 Å². The van der Waals surface area contributed by atoms with Gasteiger partial charge in [-0.1, -0.05) is 13.8 Å². The molecule has 1 fully saturated rings. The summed E-state index contributed by atoms with van der Waals surface area (Å²) in [6.45, 7) is 2.91. The fraction of sp³-hybridized carbons (Fsp3) is 0.692. The molecule has 118 valence electrons. The second-order valence-electron chi connectivity index (χ2n) is 6.12. The predicted octanol–water partition coefficient (Wildman–Crippen LogP) is 2.29. The van der Waals surface area contributed by atoms with Crippen LogP contribution in [0.4, 0.5) is 18.9 Å². The van der Waals surface area contributed by atoms with Gasteiger partial charge in [0.05, 0.1) is 23.0 Å². The average Bonchev–Trinajstić information content (AvgIpc) is 2.94. The van der Waals surface area contributed by atoms with Gasteiger partial charge in [0.15, 0.2) is 0 Å². The van der Waals surface area contributed by atoms with Crippen molar-refractivity contribution < 1.29 is 18.0 Å². The van der Waals surface area contributed by atoms with Crippen molar-refractivity contribution in [3.63, 3.8) is 0 Å². The van der Waals surface area contributed by atoms with E-state index in [4.69, 9.17) is 5.73 Å². The summed E-state index contributed by atoms with van der Waals surface area (Å²) in [5.41, 5.74) is 5.00. The number of H-pyrrole nitrogens is 1. The summed E-state index contributed by atoms with van der Waals surface area (Å²) < 4.78 is 38.5. The van der Waals surface area contributed by atoms with Crippen molar-refractivity contribution in [2.45, 2.75) is 38.8 Å². The lowest BCUT2D eigenvalue weighted by molar-refractivity contribution is -0.215. The van der Waals surface area contributed by atoms with Crippen molar-refractivity contribution in [2.75, 3.05) is 18.8 Å². The number of hydrogen-bond donors (Lipinski definition) is 2. The number of amides is 1. The van der Waals surface area contributed by atoms with E-state index in [1.54, 1.807) is 0 Å². The van der Waals surface area contributed by atoms with E-state index in [2.05, 4.69) is 10.2 Å². The van der Waals surface area contributed by atoms with Crippen LogP contribution in [0.2, 0.25) is 0 Å². The van der Waals surface area contributed by atoms with E-state index in [1.807, 2.05) is 0 Å². The van der Waals surface area contributed by atoms with Crippen molar-refractivity contribution in [1.29, 1.82) is 0 Å². The Kier molecular flexibility index (Phi) is 3.90. The summed E-state index contributed by atoms with van der Waals surface area (Å²) in [4.78, 5) is 13.5. The number of carbonyl (C=O) groups excluding carboxylic acids is 1. The molecule has 0 aliphatic carbocycles. The molecular formula is C13H19F3N4O.